The molecular weight excluding hydrogens is 186 g/mol. The summed E-state index contributed by atoms with van der Waals surface area (Å²) >= 11 is 0. The predicted octanol–water partition coefficient (Wildman–Crippen LogP) is 1.17. The normalized spacial score (nSPS) is 29.3. The van der Waals surface area contributed by atoms with Crippen LogP contribution in [0.4, 0.5) is 0 Å². The van der Waals surface area contributed by atoms with Crippen molar-refractivity contribution < 1.29 is 0 Å². The van der Waals surface area contributed by atoms with Crippen LogP contribution in [0.5, 0.6) is 0 Å². The zero-order valence-electron chi connectivity index (χ0n) is 9.77. The van der Waals surface area contributed by atoms with Crippen LogP contribution in [0.15, 0.2) is 24.4 Å². The molecule has 1 fully saturated rings. The van der Waals surface area contributed by atoms with Gasteiger partial charge in [-0.3, -0.25) is 9.88 Å². The van der Waals surface area contributed by atoms with Gasteiger partial charge in [0, 0.05) is 25.8 Å². The third-order valence-corrected chi connectivity index (χ3v) is 3.45. The van der Waals surface area contributed by atoms with Crippen molar-refractivity contribution >= 4 is 0 Å². The van der Waals surface area contributed by atoms with Crippen molar-refractivity contribution in [3.63, 3.8) is 0 Å². The molecule has 0 amide bonds. The van der Waals surface area contributed by atoms with E-state index >= 15 is 0 Å². The van der Waals surface area contributed by atoms with Crippen LogP contribution in [0, 0.1) is 0 Å². The van der Waals surface area contributed by atoms with Gasteiger partial charge in [-0.2, -0.15) is 0 Å². The van der Waals surface area contributed by atoms with Gasteiger partial charge in [0.15, 0.2) is 0 Å². The molecule has 1 atom stereocenters. The minimum Gasteiger partial charge on any atom is -0.303 e. The number of pyridine rings is 1. The highest BCUT2D eigenvalue weighted by molar-refractivity contribution is 5.16. The van der Waals surface area contributed by atoms with Crippen LogP contribution in [-0.4, -0.2) is 48.5 Å². The highest BCUT2D eigenvalue weighted by Gasteiger charge is 2.36. The number of piperazine rings is 1. The van der Waals surface area contributed by atoms with Gasteiger partial charge in [0.1, 0.15) is 0 Å². The molecule has 2 heterocycles. The number of rotatable bonds is 1. The van der Waals surface area contributed by atoms with Crippen molar-refractivity contribution in [3.8, 4) is 0 Å². The van der Waals surface area contributed by atoms with Crippen LogP contribution >= 0.6 is 0 Å². The molecule has 1 aliphatic rings. The van der Waals surface area contributed by atoms with Gasteiger partial charge < -0.3 is 4.90 Å². The fourth-order valence-corrected chi connectivity index (χ4v) is 2.25. The van der Waals surface area contributed by atoms with E-state index in [2.05, 4.69) is 47.9 Å². The molecule has 0 radical (unpaired) electrons. The van der Waals surface area contributed by atoms with Gasteiger partial charge in [0.25, 0.3) is 0 Å². The molecule has 3 heteroatoms. The minimum absolute atomic E-state index is 0.0499. The summed E-state index contributed by atoms with van der Waals surface area (Å²) < 4.78 is 0. The summed E-state index contributed by atoms with van der Waals surface area (Å²) in [5.41, 5.74) is 1.22. The number of aromatic nitrogens is 1. The molecule has 3 nitrogen and oxygen atoms in total. The second-order valence-electron chi connectivity index (χ2n) is 4.65. The van der Waals surface area contributed by atoms with Crippen molar-refractivity contribution in [1.29, 1.82) is 0 Å². The molecule has 1 aliphatic heterocycles. The molecule has 0 saturated carbocycles. The molecule has 0 aliphatic carbocycles. The number of likely N-dealkylation sites (N-methyl/N-ethyl adjacent to an activating group) is 2. The number of hydrogen-bond donors (Lipinski definition) is 0. The molecule has 0 bridgehead atoms. The Bertz CT molecular complexity index is 325. The first-order valence-electron chi connectivity index (χ1n) is 5.44. The molecule has 1 aromatic heterocycles. The van der Waals surface area contributed by atoms with Gasteiger partial charge in [-0.15, -0.1) is 0 Å². The van der Waals surface area contributed by atoms with E-state index in [1.807, 2.05) is 12.3 Å². The van der Waals surface area contributed by atoms with E-state index in [0.29, 0.717) is 0 Å². The first kappa shape index (κ1) is 10.6. The van der Waals surface area contributed by atoms with Crippen LogP contribution in [0.3, 0.4) is 0 Å². The van der Waals surface area contributed by atoms with E-state index in [0.717, 1.165) is 19.6 Å². The Balaban J connectivity index is 2.31. The molecule has 1 saturated heterocycles. The Kier molecular flexibility index (Phi) is 2.76. The van der Waals surface area contributed by atoms with Crippen LogP contribution < -0.4 is 0 Å². The molecule has 2 rings (SSSR count). The third kappa shape index (κ3) is 1.90. The van der Waals surface area contributed by atoms with Crippen molar-refractivity contribution in [2.24, 2.45) is 0 Å². The van der Waals surface area contributed by atoms with Crippen molar-refractivity contribution in [3.05, 3.63) is 30.1 Å². The summed E-state index contributed by atoms with van der Waals surface area (Å²) in [4.78, 5) is 9.26. The molecule has 1 aromatic rings. The smallest absolute Gasteiger partial charge is 0.0731 e. The molecule has 0 N–H and O–H groups in total. The summed E-state index contributed by atoms with van der Waals surface area (Å²) in [6.45, 7) is 5.55. The highest BCUT2D eigenvalue weighted by atomic mass is 15.3. The lowest BCUT2D eigenvalue weighted by molar-refractivity contribution is 0.0349. The Morgan fingerprint density at radius 1 is 1.27 bits per heavy atom. The molecule has 82 valence electrons. The lowest BCUT2D eigenvalue weighted by Crippen LogP contribution is -2.56. The first-order chi connectivity index (χ1) is 7.13. The van der Waals surface area contributed by atoms with Gasteiger partial charge in [0.2, 0.25) is 0 Å². The summed E-state index contributed by atoms with van der Waals surface area (Å²) in [5, 5.41) is 0. The molecule has 1 unspecified atom stereocenters. The monoisotopic (exact) mass is 205 g/mol. The maximum Gasteiger partial charge on any atom is 0.0731 e. The standard InChI is InChI=1S/C12H19N3/c1-12(11-6-4-5-7-13-11)10-14(2)8-9-15(12)3/h4-7H,8-10H2,1-3H3. The fraction of sp³-hybridized carbons (Fsp3) is 0.583. The molecule has 0 spiro atoms. The average molecular weight is 205 g/mol. The second-order valence-corrected chi connectivity index (χ2v) is 4.65. The van der Waals surface area contributed by atoms with Gasteiger partial charge >= 0.3 is 0 Å². The fourth-order valence-electron chi connectivity index (χ4n) is 2.25. The summed E-state index contributed by atoms with van der Waals surface area (Å²) in [5.74, 6) is 0. The van der Waals surface area contributed by atoms with Gasteiger partial charge in [0.05, 0.1) is 11.2 Å². The first-order valence-corrected chi connectivity index (χ1v) is 5.44. The Morgan fingerprint density at radius 2 is 2.07 bits per heavy atom. The molecular formula is C12H19N3. The maximum atomic E-state index is 4.49. The van der Waals surface area contributed by atoms with Crippen molar-refractivity contribution in [2.45, 2.75) is 12.5 Å². The van der Waals surface area contributed by atoms with Gasteiger partial charge in [-0.05, 0) is 33.2 Å². The Labute approximate surface area is 91.7 Å². The SMILES string of the molecule is CN1CCN(C)C(C)(c2ccccn2)C1. The Hall–Kier alpha value is -0.930. The second kappa shape index (κ2) is 3.91. The minimum atomic E-state index is 0.0499. The van der Waals surface area contributed by atoms with E-state index in [9.17, 15) is 0 Å². The van der Waals surface area contributed by atoms with E-state index in [-0.39, 0.29) is 5.54 Å². The quantitative estimate of drug-likeness (QED) is 0.686. The zero-order valence-corrected chi connectivity index (χ0v) is 9.77. The van der Waals surface area contributed by atoms with Crippen LogP contribution in [-0.2, 0) is 5.54 Å². The average Bonchev–Trinajstić information content (AvgIpc) is 2.25. The number of nitrogens with zero attached hydrogens (tertiary/aromatic N) is 3. The Morgan fingerprint density at radius 3 is 2.73 bits per heavy atom. The van der Waals surface area contributed by atoms with E-state index < -0.39 is 0 Å². The van der Waals surface area contributed by atoms with E-state index in [4.69, 9.17) is 0 Å². The van der Waals surface area contributed by atoms with E-state index in [1.165, 1.54) is 5.69 Å². The largest absolute Gasteiger partial charge is 0.303 e. The topological polar surface area (TPSA) is 19.4 Å². The van der Waals surface area contributed by atoms with Crippen molar-refractivity contribution in [2.75, 3.05) is 33.7 Å². The van der Waals surface area contributed by atoms with Crippen LogP contribution in [0.25, 0.3) is 0 Å². The maximum absolute atomic E-state index is 4.49. The lowest BCUT2D eigenvalue weighted by atomic mass is 9.92. The lowest BCUT2D eigenvalue weighted by Gasteiger charge is -2.45. The molecule has 0 aromatic carbocycles. The zero-order chi connectivity index (χ0) is 10.9. The van der Waals surface area contributed by atoms with Crippen LogP contribution in [0.1, 0.15) is 12.6 Å². The predicted molar refractivity (Wildman–Crippen MR) is 61.7 cm³/mol. The summed E-state index contributed by atoms with van der Waals surface area (Å²) in [6.07, 6.45) is 1.88. The third-order valence-electron chi connectivity index (χ3n) is 3.45. The molecule has 15 heavy (non-hydrogen) atoms. The van der Waals surface area contributed by atoms with Crippen molar-refractivity contribution in [1.82, 2.24) is 14.8 Å². The van der Waals surface area contributed by atoms with Gasteiger partial charge in [-0.1, -0.05) is 6.07 Å². The van der Waals surface area contributed by atoms with Crippen LogP contribution in [0.2, 0.25) is 0 Å². The number of hydrogen-bond acceptors (Lipinski definition) is 3. The van der Waals surface area contributed by atoms with Gasteiger partial charge in [-0.25, -0.2) is 0 Å². The summed E-state index contributed by atoms with van der Waals surface area (Å²) in [6, 6.07) is 6.16. The summed E-state index contributed by atoms with van der Waals surface area (Å²) in [7, 11) is 4.36. The van der Waals surface area contributed by atoms with E-state index in [1.54, 1.807) is 0 Å². The highest BCUT2D eigenvalue weighted by Crippen LogP contribution is 2.28.